The van der Waals surface area contributed by atoms with E-state index in [-0.39, 0.29) is 64.5 Å². The van der Waals surface area contributed by atoms with E-state index in [2.05, 4.69) is 27.7 Å². The number of hydrogen-bond acceptors (Lipinski definition) is 8. The van der Waals surface area contributed by atoms with Crippen molar-refractivity contribution in [3.05, 3.63) is 0 Å². The molecule has 0 aliphatic heterocycles. The maximum atomic E-state index is 13.3. The molecule has 0 aromatic rings. The van der Waals surface area contributed by atoms with Crippen LogP contribution in [0.5, 0.6) is 0 Å². The SMILES string of the molecule is CCC(C)(C)C(=O)OC1CC2CC1C1C3CC(C(=O)OC(C)(C)C4CCCCC4)C(C3)C21.CCC(C)(C)C(=O)OC1CC2CC1C1C3CC(C21)C1C2CC(CC2C(=O)OC(C)(C)C)C31. The summed E-state index contributed by atoms with van der Waals surface area (Å²) in [7, 11) is 0. The standard InChI is InChI=1S/C28H42O4.C28H44O4/c1-7-28(5,6)26(30)31-20-11-14-10-17(20)24-19-12-18(22(14)24)23-15-8-13(21(19)23)9-16(15)25(29)32-27(2,3)4;1-6-27(2,3)26(30)31-22-15-17-14-21(22)24-16-12-19(23(17)24)20(13-16)25(29)32-28(4,5)18-10-8-7-9-11-18/h13-24H,7-12H2,1-6H3;16-24H,6-15H2,1-5H3. The van der Waals surface area contributed by atoms with E-state index in [0.717, 1.165) is 85.9 Å². The molecule has 0 spiro atoms. The highest BCUT2D eigenvalue weighted by Gasteiger charge is 2.74. The number of carbonyl (C=O) groups is 4. The summed E-state index contributed by atoms with van der Waals surface area (Å²) < 4.78 is 24.4. The minimum absolute atomic E-state index is 0.00950. The second kappa shape index (κ2) is 16.0. The fourth-order valence-electron chi connectivity index (χ4n) is 18.6. The first-order valence-corrected chi connectivity index (χ1v) is 27.0. The van der Waals surface area contributed by atoms with Crippen LogP contribution < -0.4 is 0 Å². The molecular weight excluding hydrogens is 801 g/mol. The largest absolute Gasteiger partial charge is 0.462 e. The number of ether oxygens (including phenoxy) is 4. The molecule has 11 aliphatic carbocycles. The molecule has 0 aromatic heterocycles. The molecule has 0 aromatic carbocycles. The molecule has 358 valence electrons. The van der Waals surface area contributed by atoms with Gasteiger partial charge in [0.1, 0.15) is 23.4 Å². The van der Waals surface area contributed by atoms with Crippen LogP contribution in [0.15, 0.2) is 0 Å². The molecule has 0 N–H and O–H groups in total. The maximum absolute atomic E-state index is 13.3. The highest BCUT2D eigenvalue weighted by Crippen LogP contribution is 2.77. The molecule has 11 saturated carbocycles. The van der Waals surface area contributed by atoms with E-state index in [1.165, 1.54) is 64.2 Å². The lowest BCUT2D eigenvalue weighted by Gasteiger charge is -2.48. The van der Waals surface area contributed by atoms with Gasteiger partial charge in [-0.3, -0.25) is 19.2 Å². The molecular formula is C56H86O8. The van der Waals surface area contributed by atoms with E-state index < -0.39 is 5.41 Å². The fourth-order valence-corrected chi connectivity index (χ4v) is 18.6. The summed E-state index contributed by atoms with van der Waals surface area (Å²) >= 11 is 0. The van der Waals surface area contributed by atoms with Crippen molar-refractivity contribution in [2.75, 3.05) is 0 Å². The minimum atomic E-state index is -0.393. The Kier molecular flexibility index (Phi) is 11.4. The van der Waals surface area contributed by atoms with Gasteiger partial charge in [-0.05, 0) is 246 Å². The number of esters is 4. The van der Waals surface area contributed by atoms with Gasteiger partial charge in [-0.2, -0.15) is 0 Å². The van der Waals surface area contributed by atoms with Gasteiger partial charge in [-0.15, -0.1) is 0 Å². The van der Waals surface area contributed by atoms with Crippen molar-refractivity contribution in [2.45, 2.75) is 202 Å². The second-order valence-corrected chi connectivity index (χ2v) is 27.1. The van der Waals surface area contributed by atoms with Gasteiger partial charge in [0.15, 0.2) is 0 Å². The third kappa shape index (κ3) is 7.37. The molecule has 8 heteroatoms. The highest BCUT2D eigenvalue weighted by atomic mass is 16.6. The van der Waals surface area contributed by atoms with Gasteiger partial charge in [-0.25, -0.2) is 0 Å². The molecule has 0 heterocycles. The molecule has 0 amide bonds. The van der Waals surface area contributed by atoms with Crippen molar-refractivity contribution in [1.29, 1.82) is 0 Å². The first-order valence-electron chi connectivity index (χ1n) is 27.0. The molecule has 11 fully saturated rings. The lowest BCUT2D eigenvalue weighted by atomic mass is 9.58. The zero-order chi connectivity index (χ0) is 45.6. The summed E-state index contributed by atoms with van der Waals surface area (Å²) in [4.78, 5) is 51.8. The maximum Gasteiger partial charge on any atom is 0.311 e. The van der Waals surface area contributed by atoms with Crippen LogP contribution in [0, 0.1) is 123 Å². The summed E-state index contributed by atoms with van der Waals surface area (Å²) in [6, 6.07) is 0. The Hall–Kier alpha value is -2.12. The topological polar surface area (TPSA) is 105 Å². The van der Waals surface area contributed by atoms with Gasteiger partial charge in [0.2, 0.25) is 0 Å². The average Bonchev–Trinajstić information content (AvgIpc) is 4.10. The predicted molar refractivity (Wildman–Crippen MR) is 245 cm³/mol. The van der Waals surface area contributed by atoms with Crippen molar-refractivity contribution in [3.8, 4) is 0 Å². The number of fused-ring (bicyclic) bond motifs is 25. The van der Waals surface area contributed by atoms with Crippen LogP contribution in [0.3, 0.4) is 0 Å². The molecule has 0 saturated heterocycles. The van der Waals surface area contributed by atoms with Crippen LogP contribution in [0.25, 0.3) is 0 Å². The Morgan fingerprint density at radius 1 is 0.438 bits per heavy atom. The van der Waals surface area contributed by atoms with E-state index in [0.29, 0.717) is 53.3 Å². The lowest BCUT2D eigenvalue weighted by molar-refractivity contribution is -0.173. The van der Waals surface area contributed by atoms with E-state index in [1.807, 2.05) is 48.5 Å². The van der Waals surface area contributed by atoms with Crippen LogP contribution in [0.4, 0.5) is 0 Å². The van der Waals surface area contributed by atoms with Crippen LogP contribution in [-0.2, 0) is 38.1 Å². The Morgan fingerprint density at radius 2 is 0.828 bits per heavy atom. The fraction of sp³-hybridized carbons (Fsp3) is 0.929. The monoisotopic (exact) mass is 887 g/mol. The van der Waals surface area contributed by atoms with Gasteiger partial charge in [-0.1, -0.05) is 33.1 Å². The van der Waals surface area contributed by atoms with Crippen LogP contribution in [-0.4, -0.2) is 47.3 Å². The van der Waals surface area contributed by atoms with Crippen molar-refractivity contribution < 1.29 is 38.1 Å². The molecule has 0 radical (unpaired) electrons. The molecule has 20 atom stereocenters. The van der Waals surface area contributed by atoms with E-state index >= 15 is 0 Å². The molecule has 64 heavy (non-hydrogen) atoms. The van der Waals surface area contributed by atoms with E-state index in [1.54, 1.807) is 0 Å². The summed E-state index contributed by atoms with van der Waals surface area (Å²) in [6.07, 6.45) is 18.6. The summed E-state index contributed by atoms with van der Waals surface area (Å²) in [5, 5.41) is 0. The van der Waals surface area contributed by atoms with Gasteiger partial charge < -0.3 is 18.9 Å². The molecule has 8 nitrogen and oxygen atoms in total. The second-order valence-electron chi connectivity index (χ2n) is 27.1. The quantitative estimate of drug-likeness (QED) is 0.121. The van der Waals surface area contributed by atoms with Crippen molar-refractivity contribution in [3.63, 3.8) is 0 Å². The van der Waals surface area contributed by atoms with Gasteiger partial charge in [0.05, 0.1) is 22.7 Å². The smallest absolute Gasteiger partial charge is 0.311 e. The van der Waals surface area contributed by atoms with Crippen LogP contribution >= 0.6 is 0 Å². The number of carbonyl (C=O) groups excluding carboxylic acids is 4. The average molecular weight is 887 g/mol. The molecule has 10 bridgehead atoms. The predicted octanol–water partition coefficient (Wildman–Crippen LogP) is 11.7. The number of rotatable bonds is 10. The van der Waals surface area contributed by atoms with Gasteiger partial charge >= 0.3 is 23.9 Å². The van der Waals surface area contributed by atoms with Crippen molar-refractivity contribution in [1.82, 2.24) is 0 Å². The summed E-state index contributed by atoms with van der Waals surface area (Å²) in [6.45, 7) is 22.4. The minimum Gasteiger partial charge on any atom is -0.462 e. The first kappa shape index (κ1) is 45.7. The summed E-state index contributed by atoms with van der Waals surface area (Å²) in [5.74, 6) is 11.9. The van der Waals surface area contributed by atoms with Gasteiger partial charge in [0.25, 0.3) is 0 Å². The highest BCUT2D eigenvalue weighted by molar-refractivity contribution is 5.77. The Balaban J connectivity index is 0.000000151. The molecule has 20 unspecified atom stereocenters. The normalized spacial score (nSPS) is 45.5. The zero-order valence-electron chi connectivity index (χ0n) is 41.7. The summed E-state index contributed by atoms with van der Waals surface area (Å²) in [5.41, 5.74) is -1.49. The van der Waals surface area contributed by atoms with Crippen LogP contribution in [0.2, 0.25) is 0 Å². The third-order valence-electron chi connectivity index (χ3n) is 21.8. The van der Waals surface area contributed by atoms with E-state index in [9.17, 15) is 19.2 Å². The Bertz CT molecular complexity index is 1830. The third-order valence-corrected chi connectivity index (χ3v) is 21.8. The van der Waals surface area contributed by atoms with Gasteiger partial charge in [0, 0.05) is 0 Å². The lowest BCUT2D eigenvalue weighted by Crippen LogP contribution is -2.47. The molecule has 11 rings (SSSR count). The van der Waals surface area contributed by atoms with Crippen LogP contribution in [0.1, 0.15) is 179 Å². The van der Waals surface area contributed by atoms with Crippen molar-refractivity contribution in [2.24, 2.45) is 123 Å². The first-order chi connectivity index (χ1) is 30.1. The van der Waals surface area contributed by atoms with Crippen molar-refractivity contribution >= 4 is 23.9 Å². The zero-order valence-corrected chi connectivity index (χ0v) is 41.7. The Labute approximate surface area is 386 Å². The molecule has 11 aliphatic rings. The number of hydrogen-bond donors (Lipinski definition) is 0. The van der Waals surface area contributed by atoms with E-state index in [4.69, 9.17) is 18.9 Å². The Morgan fingerprint density at radius 3 is 1.31 bits per heavy atom.